The van der Waals surface area contributed by atoms with Crippen molar-refractivity contribution in [1.82, 2.24) is 0 Å². The average molecular weight is 210 g/mol. The van der Waals surface area contributed by atoms with Gasteiger partial charge in [-0.05, 0) is 0 Å². The molecule has 0 aliphatic rings. The van der Waals surface area contributed by atoms with Crippen LogP contribution in [0.4, 0.5) is 13.2 Å². The lowest BCUT2D eigenvalue weighted by Gasteiger charge is -2.04. The third-order valence-electron chi connectivity index (χ3n) is 0.539. The molecule has 0 bridgehead atoms. The van der Waals surface area contributed by atoms with Crippen LogP contribution in [0.2, 0.25) is 0 Å². The molecule has 8 heteroatoms. The molecule has 0 saturated carbocycles. The Kier molecular flexibility index (Phi) is 3.65. The highest BCUT2D eigenvalue weighted by Gasteiger charge is 2.47. The van der Waals surface area contributed by atoms with Gasteiger partial charge in [0.2, 0.25) is 0 Å². The molecule has 0 amide bonds. The van der Waals surface area contributed by atoms with Gasteiger partial charge >= 0.3 is 15.6 Å². The number of rotatable bonds is 3. The average Bonchev–Trinajstić information content (AvgIpc) is 1.81. The molecule has 0 aliphatic heterocycles. The van der Waals surface area contributed by atoms with E-state index in [4.69, 9.17) is 0 Å². The lowest BCUT2D eigenvalue weighted by Crippen LogP contribution is -2.23. The summed E-state index contributed by atoms with van der Waals surface area (Å²) in [6.45, 7) is 1.47. The van der Waals surface area contributed by atoms with Crippen molar-refractivity contribution in [3.8, 4) is 0 Å². The summed E-state index contributed by atoms with van der Waals surface area (Å²) in [6, 6.07) is 0. The van der Waals surface area contributed by atoms with E-state index < -0.39 is 15.6 Å². The van der Waals surface area contributed by atoms with Crippen LogP contribution in [0, 0.1) is 0 Å². The van der Waals surface area contributed by atoms with E-state index in [1.54, 1.807) is 0 Å². The molecule has 0 heterocycles. The maximum absolute atomic E-state index is 11.4. The second kappa shape index (κ2) is 3.63. The van der Waals surface area contributed by atoms with Crippen molar-refractivity contribution in [1.29, 1.82) is 0 Å². The highest BCUT2D eigenvalue weighted by atomic mass is 32.3. The Hall–Kier alpha value is 0.0500. The molecule has 0 aromatic rings. The lowest BCUT2D eigenvalue weighted by atomic mass is 11.0. The molecule has 11 heavy (non-hydrogen) atoms. The van der Waals surface area contributed by atoms with Crippen molar-refractivity contribution in [3.63, 3.8) is 0 Å². The molecule has 0 N–H and O–H groups in total. The highest BCUT2D eigenvalue weighted by molar-refractivity contribution is 8.04. The van der Waals surface area contributed by atoms with E-state index in [2.05, 4.69) is 3.63 Å². The molecule has 0 rings (SSSR count). The predicted molar refractivity (Wildman–Crippen MR) is 34.2 cm³/mol. The van der Waals surface area contributed by atoms with Crippen molar-refractivity contribution >= 4 is 22.2 Å². The SMILES string of the molecule is CCSOS(=O)(=O)C(F)(F)F. The van der Waals surface area contributed by atoms with Crippen LogP contribution in [-0.4, -0.2) is 19.7 Å². The molecule has 0 radical (unpaired) electrons. The molecule has 0 fully saturated rings. The summed E-state index contributed by atoms with van der Waals surface area (Å²) >= 11 is 0.234. The zero-order valence-electron chi connectivity index (χ0n) is 5.38. The Labute approximate surface area is 66.2 Å². The zero-order chi connectivity index (χ0) is 9.12. The maximum atomic E-state index is 11.4. The van der Waals surface area contributed by atoms with Gasteiger partial charge in [0, 0.05) is 17.8 Å². The van der Waals surface area contributed by atoms with Crippen molar-refractivity contribution < 1.29 is 25.2 Å². The smallest absolute Gasteiger partial charge is 0.191 e. The molecule has 0 aromatic carbocycles. The van der Waals surface area contributed by atoms with Gasteiger partial charge in [-0.15, -0.1) is 0 Å². The summed E-state index contributed by atoms with van der Waals surface area (Å²) < 4.78 is 57.9. The Bertz CT molecular complexity index is 206. The van der Waals surface area contributed by atoms with Gasteiger partial charge in [-0.2, -0.15) is 25.2 Å². The number of halogens is 3. The van der Waals surface area contributed by atoms with Gasteiger partial charge in [0.05, 0.1) is 0 Å². The number of hydrogen-bond donors (Lipinski definition) is 0. The topological polar surface area (TPSA) is 43.4 Å². The summed E-state index contributed by atoms with van der Waals surface area (Å²) in [6.07, 6.45) is 0. The molecular weight excluding hydrogens is 205 g/mol. The first-order valence-electron chi connectivity index (χ1n) is 2.43. The Morgan fingerprint density at radius 3 is 2.18 bits per heavy atom. The maximum Gasteiger partial charge on any atom is 0.524 e. The molecule has 0 unspecified atom stereocenters. The molecule has 0 atom stereocenters. The Morgan fingerprint density at radius 1 is 1.45 bits per heavy atom. The third-order valence-corrected chi connectivity index (χ3v) is 2.44. The second-order valence-electron chi connectivity index (χ2n) is 1.37. The lowest BCUT2D eigenvalue weighted by molar-refractivity contribution is -0.0494. The van der Waals surface area contributed by atoms with Gasteiger partial charge in [-0.1, -0.05) is 6.92 Å². The fraction of sp³-hybridized carbons (Fsp3) is 1.00. The molecular formula is C3H5F3O3S2. The van der Waals surface area contributed by atoms with Crippen LogP contribution in [0.25, 0.3) is 0 Å². The van der Waals surface area contributed by atoms with Crippen LogP contribution in [-0.2, 0) is 13.7 Å². The van der Waals surface area contributed by atoms with Crippen molar-refractivity contribution in [3.05, 3.63) is 0 Å². The molecule has 68 valence electrons. The van der Waals surface area contributed by atoms with Gasteiger partial charge in [0.15, 0.2) is 0 Å². The Morgan fingerprint density at radius 2 is 1.91 bits per heavy atom. The predicted octanol–water partition coefficient (Wildman–Crippen LogP) is 1.52. The molecule has 0 aromatic heterocycles. The van der Waals surface area contributed by atoms with E-state index in [0.717, 1.165) is 0 Å². The molecule has 0 spiro atoms. The van der Waals surface area contributed by atoms with Crippen molar-refractivity contribution in [2.24, 2.45) is 0 Å². The molecule has 0 aliphatic carbocycles. The van der Waals surface area contributed by atoms with Crippen LogP contribution >= 0.6 is 12.0 Å². The largest absolute Gasteiger partial charge is 0.524 e. The normalized spacial score (nSPS) is 13.5. The quantitative estimate of drug-likeness (QED) is 0.523. The zero-order valence-corrected chi connectivity index (χ0v) is 7.02. The van der Waals surface area contributed by atoms with Crippen LogP contribution in [0.5, 0.6) is 0 Å². The fourth-order valence-corrected chi connectivity index (χ4v) is 1.35. The third kappa shape index (κ3) is 3.30. The van der Waals surface area contributed by atoms with E-state index in [1.165, 1.54) is 6.92 Å². The summed E-state index contributed by atoms with van der Waals surface area (Å²) in [5.74, 6) is 0.134. The van der Waals surface area contributed by atoms with Gasteiger partial charge in [-0.25, -0.2) is 0 Å². The second-order valence-corrected chi connectivity index (χ2v) is 4.10. The van der Waals surface area contributed by atoms with Crippen LogP contribution < -0.4 is 0 Å². The number of hydrogen-bond acceptors (Lipinski definition) is 4. The van der Waals surface area contributed by atoms with Gasteiger partial charge < -0.3 is 0 Å². The van der Waals surface area contributed by atoms with E-state index in [1.807, 2.05) is 0 Å². The van der Waals surface area contributed by atoms with E-state index >= 15 is 0 Å². The summed E-state index contributed by atoms with van der Waals surface area (Å²) in [5.41, 5.74) is -5.32. The summed E-state index contributed by atoms with van der Waals surface area (Å²) in [7, 11) is -5.40. The molecule has 0 saturated heterocycles. The fourth-order valence-electron chi connectivity index (χ4n) is 0.150. The summed E-state index contributed by atoms with van der Waals surface area (Å²) in [4.78, 5) is 0. The van der Waals surface area contributed by atoms with Gasteiger partial charge in [-0.3, -0.25) is 0 Å². The standard InChI is InChI=1S/C3H5F3O3S2/c1-2-10-9-11(7,8)3(4,5)6/h2H2,1H3. The minimum absolute atomic E-state index is 0.134. The number of alkyl halides is 3. The first-order valence-corrected chi connectivity index (χ1v) is 4.75. The van der Waals surface area contributed by atoms with E-state index in [9.17, 15) is 21.6 Å². The van der Waals surface area contributed by atoms with E-state index in [-0.39, 0.29) is 17.8 Å². The first kappa shape index (κ1) is 11.1. The van der Waals surface area contributed by atoms with Crippen LogP contribution in [0.1, 0.15) is 6.92 Å². The minimum atomic E-state index is -5.40. The first-order chi connectivity index (χ1) is 4.81. The minimum Gasteiger partial charge on any atom is -0.191 e. The van der Waals surface area contributed by atoms with Gasteiger partial charge in [0.25, 0.3) is 0 Å². The van der Waals surface area contributed by atoms with Gasteiger partial charge in [0.1, 0.15) is 0 Å². The highest BCUT2D eigenvalue weighted by Crippen LogP contribution is 2.27. The monoisotopic (exact) mass is 210 g/mol. The molecule has 3 nitrogen and oxygen atoms in total. The summed E-state index contributed by atoms with van der Waals surface area (Å²) in [5, 5.41) is 0. The Balaban J connectivity index is 4.26. The van der Waals surface area contributed by atoms with Crippen LogP contribution in [0.3, 0.4) is 0 Å². The van der Waals surface area contributed by atoms with Crippen molar-refractivity contribution in [2.75, 3.05) is 5.75 Å². The van der Waals surface area contributed by atoms with Crippen LogP contribution in [0.15, 0.2) is 0 Å². The van der Waals surface area contributed by atoms with E-state index in [0.29, 0.717) is 0 Å². The van der Waals surface area contributed by atoms with Crippen molar-refractivity contribution in [2.45, 2.75) is 12.4 Å².